The van der Waals surface area contributed by atoms with Gasteiger partial charge in [-0.1, -0.05) is 0 Å². The molecule has 0 fully saturated rings. The van der Waals surface area contributed by atoms with E-state index in [0.717, 1.165) is 6.92 Å². The summed E-state index contributed by atoms with van der Waals surface area (Å²) in [5, 5.41) is 5.45. The predicted molar refractivity (Wildman–Crippen MR) is 119 cm³/mol. The zero-order valence-corrected chi connectivity index (χ0v) is 18.3. The molecule has 33 heavy (non-hydrogen) atoms. The summed E-state index contributed by atoms with van der Waals surface area (Å²) in [4.78, 5) is 62.4. The van der Waals surface area contributed by atoms with Crippen molar-refractivity contribution < 1.29 is 18.8 Å². The van der Waals surface area contributed by atoms with Crippen LogP contribution in [0.1, 0.15) is 42.1 Å². The van der Waals surface area contributed by atoms with Crippen LogP contribution in [0.25, 0.3) is 11.2 Å². The smallest absolute Gasteiger partial charge is 0.279 e. The number of H-pyrrole nitrogens is 1. The van der Waals surface area contributed by atoms with E-state index in [1.54, 1.807) is 19.1 Å². The third kappa shape index (κ3) is 6.03. The number of nitrogens with zero attached hydrogens (tertiary/aromatic N) is 3. The molecule has 3 rings (SSSR count). The van der Waals surface area contributed by atoms with E-state index in [1.807, 2.05) is 0 Å². The Bertz CT molecular complexity index is 1260. The molecule has 10 nitrogen and oxygen atoms in total. The van der Waals surface area contributed by atoms with Crippen LogP contribution < -0.4 is 16.2 Å². The molecule has 0 aliphatic heterocycles. The Morgan fingerprint density at radius 1 is 1.12 bits per heavy atom. The van der Waals surface area contributed by atoms with E-state index in [1.165, 1.54) is 25.3 Å². The molecule has 0 bridgehead atoms. The highest BCUT2D eigenvalue weighted by molar-refractivity contribution is 5.98. The van der Waals surface area contributed by atoms with Crippen molar-refractivity contribution in [1.29, 1.82) is 0 Å². The summed E-state index contributed by atoms with van der Waals surface area (Å²) in [6.45, 7) is 4.30. The molecule has 0 aliphatic carbocycles. The summed E-state index contributed by atoms with van der Waals surface area (Å²) in [6, 6.07) is 4.89. The number of fused-ring (bicyclic) bond motifs is 1. The van der Waals surface area contributed by atoms with Gasteiger partial charge in [0.05, 0.1) is 18.4 Å². The number of amides is 1. The highest BCUT2D eigenvalue weighted by Gasteiger charge is 2.28. The molecule has 2 aromatic heterocycles. The molecule has 2 atom stereocenters. The minimum atomic E-state index is -1.79. The van der Waals surface area contributed by atoms with Crippen molar-refractivity contribution in [3.8, 4) is 0 Å². The van der Waals surface area contributed by atoms with Gasteiger partial charge in [-0.15, -0.1) is 0 Å². The topological polar surface area (TPSA) is 147 Å². The van der Waals surface area contributed by atoms with Gasteiger partial charge in [-0.05, 0) is 45.0 Å². The fourth-order valence-corrected chi connectivity index (χ4v) is 3.14. The van der Waals surface area contributed by atoms with Crippen LogP contribution in [0.5, 0.6) is 0 Å². The molecule has 1 unspecified atom stereocenters. The zero-order valence-electron chi connectivity index (χ0n) is 18.3. The first-order valence-electron chi connectivity index (χ1n) is 10.2. The number of ketones is 2. The van der Waals surface area contributed by atoms with Crippen molar-refractivity contribution in [3.05, 3.63) is 57.9 Å². The normalized spacial score (nSPS) is 12.7. The van der Waals surface area contributed by atoms with E-state index in [2.05, 4.69) is 30.6 Å². The van der Waals surface area contributed by atoms with E-state index < -0.39 is 36.1 Å². The molecule has 11 heteroatoms. The minimum Gasteiger partial charge on any atom is -0.379 e. The third-order valence-corrected chi connectivity index (χ3v) is 4.78. The molecule has 0 saturated carbocycles. The Morgan fingerprint density at radius 3 is 2.45 bits per heavy atom. The number of aryl methyl sites for hydroxylation is 1. The van der Waals surface area contributed by atoms with Gasteiger partial charge >= 0.3 is 0 Å². The van der Waals surface area contributed by atoms with Crippen LogP contribution in [0.4, 0.5) is 10.1 Å². The molecule has 3 N–H and O–H groups in total. The number of aromatic amines is 1. The Balaban J connectivity index is 1.64. The van der Waals surface area contributed by atoms with Gasteiger partial charge in [-0.3, -0.25) is 19.2 Å². The Hall–Kier alpha value is -4.02. The zero-order chi connectivity index (χ0) is 24.1. The quantitative estimate of drug-likeness (QED) is 0.443. The number of hydrogen-bond donors (Lipinski definition) is 3. The molecule has 0 saturated heterocycles. The maximum atomic E-state index is 14.2. The van der Waals surface area contributed by atoms with E-state index in [0.29, 0.717) is 17.2 Å². The highest BCUT2D eigenvalue weighted by atomic mass is 18.2. The first-order chi connectivity index (χ1) is 15.6. The maximum Gasteiger partial charge on any atom is 0.279 e. The molecule has 0 aliphatic rings. The number of carbonyl (C=O) groups is 3. The second kappa shape index (κ2) is 10.1. The second-order valence-electron chi connectivity index (χ2n) is 7.60. The van der Waals surface area contributed by atoms with E-state index in [9.17, 15) is 23.6 Å². The summed E-state index contributed by atoms with van der Waals surface area (Å²) in [5.41, 5.74) is 1.43. The number of Topliss-reactive ketones (excluding diaryl/α,β-unsaturated/α-hetero) is 2. The largest absolute Gasteiger partial charge is 0.379 e. The number of halogens is 1. The summed E-state index contributed by atoms with van der Waals surface area (Å²) in [5.74, 6) is -1.16. The van der Waals surface area contributed by atoms with Crippen LogP contribution in [0.2, 0.25) is 0 Å². The van der Waals surface area contributed by atoms with Crippen LogP contribution in [-0.4, -0.2) is 49.6 Å². The average Bonchev–Trinajstić information content (AvgIpc) is 2.75. The highest BCUT2D eigenvalue weighted by Crippen LogP contribution is 2.13. The van der Waals surface area contributed by atoms with E-state index in [4.69, 9.17) is 0 Å². The van der Waals surface area contributed by atoms with Gasteiger partial charge in [0, 0.05) is 17.7 Å². The first kappa shape index (κ1) is 23.6. The fraction of sp³-hybridized carbons (Fsp3) is 0.318. The Kier molecular flexibility index (Phi) is 7.21. The molecular weight excluding hydrogens is 430 g/mol. The lowest BCUT2D eigenvalue weighted by Gasteiger charge is -2.19. The lowest BCUT2D eigenvalue weighted by Crippen LogP contribution is -2.46. The van der Waals surface area contributed by atoms with Crippen LogP contribution in [0, 0.1) is 6.92 Å². The summed E-state index contributed by atoms with van der Waals surface area (Å²) in [6.07, 6.45) is -0.731. The number of nitrogens with one attached hydrogen (secondary N) is 3. The molecule has 2 heterocycles. The number of anilines is 1. The molecule has 1 amide bonds. The SMILES string of the molecule is CC(=O)CC([18F])[C@H](NC(=O)c1ccc(NCc2cnc3nc(C)[nH]c(=O)c3n2)cc1)C(C)=O. The number of aromatic nitrogens is 4. The second-order valence-corrected chi connectivity index (χ2v) is 7.60. The lowest BCUT2D eigenvalue weighted by molar-refractivity contribution is -0.122. The number of alkyl halides is 1. The van der Waals surface area contributed by atoms with Crippen molar-refractivity contribution in [2.75, 3.05) is 5.32 Å². The van der Waals surface area contributed by atoms with Gasteiger partial charge in [-0.2, -0.15) is 0 Å². The molecule has 0 spiro atoms. The number of benzene rings is 1. The maximum absolute atomic E-state index is 14.2. The van der Waals surface area contributed by atoms with Crippen LogP contribution in [0.3, 0.4) is 0 Å². The van der Waals surface area contributed by atoms with Gasteiger partial charge in [0.25, 0.3) is 11.5 Å². The summed E-state index contributed by atoms with van der Waals surface area (Å²) in [7, 11) is 0. The fourth-order valence-electron chi connectivity index (χ4n) is 3.14. The van der Waals surface area contributed by atoms with Crippen molar-refractivity contribution in [1.82, 2.24) is 25.3 Å². The lowest BCUT2D eigenvalue weighted by atomic mass is 10.0. The monoisotopic (exact) mass is 453 g/mol. The number of carbonyl (C=O) groups excluding carboxylic acids is 3. The van der Waals surface area contributed by atoms with Gasteiger partial charge in [0.2, 0.25) is 0 Å². The third-order valence-electron chi connectivity index (χ3n) is 4.78. The molecule has 172 valence electrons. The van der Waals surface area contributed by atoms with E-state index >= 15 is 0 Å². The van der Waals surface area contributed by atoms with Crippen LogP contribution in [-0.2, 0) is 16.1 Å². The van der Waals surface area contributed by atoms with Crippen LogP contribution >= 0.6 is 0 Å². The van der Waals surface area contributed by atoms with Crippen molar-refractivity contribution >= 4 is 34.3 Å². The first-order valence-corrected chi connectivity index (χ1v) is 10.2. The van der Waals surface area contributed by atoms with Gasteiger partial charge in [0.15, 0.2) is 16.9 Å². The Morgan fingerprint density at radius 2 is 1.82 bits per heavy atom. The summed E-state index contributed by atoms with van der Waals surface area (Å²) < 4.78 is 14.2. The molecule has 1 aromatic carbocycles. The molecular formula is C22H23FN6O4. The van der Waals surface area contributed by atoms with Gasteiger partial charge in [0.1, 0.15) is 23.8 Å². The standard InChI is InChI=1S/C22H23FN6O4/c1-11(30)8-17(23)18(12(2)31)29-21(32)14-4-6-15(7-5-14)24-9-16-10-25-20-19(28-16)22(33)27-13(3)26-20/h4-7,10,17-18,24H,8-9H2,1-3H3,(H,29,32)(H,25,26,27,33)/t17?,18-/m1/s1/i23-1. The number of rotatable bonds is 9. The van der Waals surface area contributed by atoms with Crippen LogP contribution in [0.15, 0.2) is 35.3 Å². The average molecular weight is 453 g/mol. The van der Waals surface area contributed by atoms with E-state index in [-0.39, 0.29) is 28.8 Å². The number of hydrogen-bond acceptors (Lipinski definition) is 8. The van der Waals surface area contributed by atoms with Gasteiger partial charge in [-0.25, -0.2) is 19.3 Å². The predicted octanol–water partition coefficient (Wildman–Crippen LogP) is 1.64. The van der Waals surface area contributed by atoms with Crippen molar-refractivity contribution in [2.24, 2.45) is 0 Å². The molecule has 3 aromatic rings. The van der Waals surface area contributed by atoms with Crippen molar-refractivity contribution in [2.45, 2.75) is 46.0 Å². The summed E-state index contributed by atoms with van der Waals surface area (Å²) >= 11 is 0. The van der Waals surface area contributed by atoms with Crippen molar-refractivity contribution in [3.63, 3.8) is 0 Å². The molecule has 0 radical (unpaired) electrons. The Labute approximate surface area is 188 Å². The minimum absolute atomic E-state index is 0.142. The van der Waals surface area contributed by atoms with Gasteiger partial charge < -0.3 is 15.6 Å².